The van der Waals surface area contributed by atoms with E-state index < -0.39 is 0 Å². The molecule has 1 aliphatic rings. The van der Waals surface area contributed by atoms with Gasteiger partial charge in [0, 0.05) is 25.0 Å². The predicted octanol–water partition coefficient (Wildman–Crippen LogP) is 3.40. The molecule has 4 heteroatoms. The van der Waals surface area contributed by atoms with Gasteiger partial charge in [-0.2, -0.15) is 0 Å². The highest BCUT2D eigenvalue weighted by atomic mass is 35.5. The minimum absolute atomic E-state index is 0.528. The quantitative estimate of drug-likeness (QED) is 0.774. The third kappa shape index (κ3) is 2.31. The number of hydrogen-bond donors (Lipinski definition) is 0. The summed E-state index contributed by atoms with van der Waals surface area (Å²) in [5.41, 5.74) is 2.85. The first-order valence-electron chi connectivity index (χ1n) is 6.17. The Balaban J connectivity index is 2.00. The molecular weight excluding hydrogens is 246 g/mol. The zero-order chi connectivity index (χ0) is 12.4. The van der Waals surface area contributed by atoms with Crippen molar-refractivity contribution < 1.29 is 0 Å². The standard InChI is InChI=1S/C14H14ClN3/c15-14-10-11(18-7-3-4-8-18)9-13(17-14)12-5-1-2-6-16-12/h1-2,5-6,9-10H,3-4,7-8H2. The lowest BCUT2D eigenvalue weighted by atomic mass is 10.2. The van der Waals surface area contributed by atoms with Gasteiger partial charge in [0.2, 0.25) is 0 Å². The van der Waals surface area contributed by atoms with Crippen LogP contribution in [-0.4, -0.2) is 23.1 Å². The number of anilines is 1. The van der Waals surface area contributed by atoms with Gasteiger partial charge in [0.15, 0.2) is 0 Å². The van der Waals surface area contributed by atoms with Crippen molar-refractivity contribution in [3.8, 4) is 11.4 Å². The van der Waals surface area contributed by atoms with Crippen LogP contribution in [0.15, 0.2) is 36.5 Å². The third-order valence-electron chi connectivity index (χ3n) is 3.18. The summed E-state index contributed by atoms with van der Waals surface area (Å²) in [4.78, 5) is 11.0. The summed E-state index contributed by atoms with van der Waals surface area (Å²) in [5.74, 6) is 0. The van der Waals surface area contributed by atoms with Crippen LogP contribution in [0.1, 0.15) is 12.8 Å². The van der Waals surface area contributed by atoms with E-state index in [4.69, 9.17) is 11.6 Å². The smallest absolute Gasteiger partial charge is 0.131 e. The molecule has 0 aliphatic carbocycles. The van der Waals surface area contributed by atoms with Crippen LogP contribution in [0, 0.1) is 0 Å². The Morgan fingerprint density at radius 2 is 1.89 bits per heavy atom. The first-order valence-corrected chi connectivity index (χ1v) is 6.55. The molecule has 2 aromatic rings. The first kappa shape index (κ1) is 11.5. The molecule has 0 bridgehead atoms. The molecule has 1 saturated heterocycles. The molecule has 1 aliphatic heterocycles. The molecule has 3 heterocycles. The average Bonchev–Trinajstić information content (AvgIpc) is 2.93. The number of aromatic nitrogens is 2. The summed E-state index contributed by atoms with van der Waals surface area (Å²) in [6.07, 6.45) is 4.27. The van der Waals surface area contributed by atoms with Crippen molar-refractivity contribution in [1.82, 2.24) is 9.97 Å². The average molecular weight is 260 g/mol. The second kappa shape index (κ2) is 4.94. The summed E-state index contributed by atoms with van der Waals surface area (Å²) in [6.45, 7) is 2.20. The number of rotatable bonds is 2. The fraction of sp³-hybridized carbons (Fsp3) is 0.286. The molecule has 2 aromatic heterocycles. The summed E-state index contributed by atoms with van der Waals surface area (Å²) in [6, 6.07) is 9.81. The van der Waals surface area contributed by atoms with Crippen LogP contribution in [0.25, 0.3) is 11.4 Å². The molecule has 0 N–H and O–H groups in total. The molecule has 92 valence electrons. The van der Waals surface area contributed by atoms with Gasteiger partial charge in [0.25, 0.3) is 0 Å². The van der Waals surface area contributed by atoms with Crippen LogP contribution >= 0.6 is 11.6 Å². The van der Waals surface area contributed by atoms with E-state index in [0.717, 1.165) is 30.2 Å². The van der Waals surface area contributed by atoms with Crippen molar-refractivity contribution in [2.24, 2.45) is 0 Å². The lowest BCUT2D eigenvalue weighted by Crippen LogP contribution is -2.17. The maximum atomic E-state index is 6.11. The van der Waals surface area contributed by atoms with E-state index in [-0.39, 0.29) is 0 Å². The maximum absolute atomic E-state index is 6.11. The Hall–Kier alpha value is -1.61. The van der Waals surface area contributed by atoms with Crippen LogP contribution in [0.3, 0.4) is 0 Å². The molecule has 0 unspecified atom stereocenters. The van der Waals surface area contributed by atoms with Gasteiger partial charge in [0.1, 0.15) is 5.15 Å². The van der Waals surface area contributed by atoms with Crippen molar-refractivity contribution >= 4 is 17.3 Å². The fourth-order valence-electron chi connectivity index (χ4n) is 2.29. The molecule has 0 spiro atoms. The van der Waals surface area contributed by atoms with Crippen LogP contribution < -0.4 is 4.90 Å². The first-order chi connectivity index (χ1) is 8.83. The van der Waals surface area contributed by atoms with E-state index >= 15 is 0 Å². The predicted molar refractivity (Wildman–Crippen MR) is 73.9 cm³/mol. The summed E-state index contributed by atoms with van der Waals surface area (Å²) in [5, 5.41) is 0.528. The molecule has 3 rings (SSSR count). The van der Waals surface area contributed by atoms with E-state index in [1.807, 2.05) is 24.3 Å². The molecule has 0 saturated carbocycles. The van der Waals surface area contributed by atoms with Crippen LogP contribution in [0.4, 0.5) is 5.69 Å². The number of halogens is 1. The number of pyridine rings is 2. The Labute approximate surface area is 111 Å². The van der Waals surface area contributed by atoms with Gasteiger partial charge in [-0.25, -0.2) is 4.98 Å². The van der Waals surface area contributed by atoms with E-state index in [1.54, 1.807) is 6.20 Å². The summed E-state index contributed by atoms with van der Waals surface area (Å²) >= 11 is 6.11. The largest absolute Gasteiger partial charge is 0.371 e. The van der Waals surface area contributed by atoms with Gasteiger partial charge in [-0.05, 0) is 37.1 Å². The monoisotopic (exact) mass is 259 g/mol. The molecule has 0 radical (unpaired) electrons. The van der Waals surface area contributed by atoms with Gasteiger partial charge in [0.05, 0.1) is 11.4 Å². The van der Waals surface area contributed by atoms with Crippen LogP contribution in [-0.2, 0) is 0 Å². The molecule has 1 fully saturated rings. The van der Waals surface area contributed by atoms with Gasteiger partial charge in [-0.1, -0.05) is 17.7 Å². The van der Waals surface area contributed by atoms with Crippen molar-refractivity contribution in [2.75, 3.05) is 18.0 Å². The summed E-state index contributed by atoms with van der Waals surface area (Å²) < 4.78 is 0. The molecule has 0 amide bonds. The SMILES string of the molecule is Clc1cc(N2CCCC2)cc(-c2ccccn2)n1. The Morgan fingerprint density at radius 1 is 1.06 bits per heavy atom. The lowest BCUT2D eigenvalue weighted by molar-refractivity contribution is 0.949. The molecular formula is C14H14ClN3. The highest BCUT2D eigenvalue weighted by Crippen LogP contribution is 2.27. The van der Waals surface area contributed by atoms with Gasteiger partial charge in [-0.3, -0.25) is 4.98 Å². The number of hydrogen-bond acceptors (Lipinski definition) is 3. The van der Waals surface area contributed by atoms with Gasteiger partial charge in [-0.15, -0.1) is 0 Å². The Kier molecular flexibility index (Phi) is 3.15. The normalized spacial score (nSPS) is 15.1. The maximum Gasteiger partial charge on any atom is 0.131 e. The second-order valence-electron chi connectivity index (χ2n) is 4.44. The summed E-state index contributed by atoms with van der Waals surface area (Å²) in [7, 11) is 0. The topological polar surface area (TPSA) is 29.0 Å². The molecule has 18 heavy (non-hydrogen) atoms. The van der Waals surface area contributed by atoms with E-state index in [1.165, 1.54) is 12.8 Å². The Morgan fingerprint density at radius 3 is 2.61 bits per heavy atom. The van der Waals surface area contributed by atoms with Gasteiger partial charge >= 0.3 is 0 Å². The minimum Gasteiger partial charge on any atom is -0.371 e. The highest BCUT2D eigenvalue weighted by molar-refractivity contribution is 6.29. The van der Waals surface area contributed by atoms with Crippen LogP contribution in [0.2, 0.25) is 5.15 Å². The molecule has 0 aromatic carbocycles. The zero-order valence-corrected chi connectivity index (χ0v) is 10.8. The van der Waals surface area contributed by atoms with Gasteiger partial charge < -0.3 is 4.90 Å². The van der Waals surface area contributed by atoms with Crippen molar-refractivity contribution in [2.45, 2.75) is 12.8 Å². The number of nitrogens with zero attached hydrogens (tertiary/aromatic N) is 3. The molecule has 0 atom stereocenters. The zero-order valence-electron chi connectivity index (χ0n) is 10.0. The lowest BCUT2D eigenvalue weighted by Gasteiger charge is -2.18. The molecule has 3 nitrogen and oxygen atoms in total. The highest BCUT2D eigenvalue weighted by Gasteiger charge is 2.14. The third-order valence-corrected chi connectivity index (χ3v) is 3.37. The van der Waals surface area contributed by atoms with E-state index in [0.29, 0.717) is 5.15 Å². The fourth-order valence-corrected chi connectivity index (χ4v) is 2.49. The van der Waals surface area contributed by atoms with Crippen molar-refractivity contribution in [3.05, 3.63) is 41.7 Å². The van der Waals surface area contributed by atoms with Crippen molar-refractivity contribution in [3.63, 3.8) is 0 Å². The minimum atomic E-state index is 0.528. The van der Waals surface area contributed by atoms with Crippen LogP contribution in [0.5, 0.6) is 0 Å². The van der Waals surface area contributed by atoms with Crippen molar-refractivity contribution in [1.29, 1.82) is 0 Å². The Bertz CT molecular complexity index is 536. The second-order valence-corrected chi connectivity index (χ2v) is 4.83. The van der Waals surface area contributed by atoms with E-state index in [2.05, 4.69) is 20.9 Å². The van der Waals surface area contributed by atoms with E-state index in [9.17, 15) is 0 Å².